The van der Waals surface area contributed by atoms with Gasteiger partial charge in [-0.2, -0.15) is 39.5 Å². The van der Waals surface area contributed by atoms with E-state index in [-0.39, 0.29) is 36.0 Å². The van der Waals surface area contributed by atoms with E-state index in [1.165, 1.54) is 23.1 Å². The van der Waals surface area contributed by atoms with Gasteiger partial charge in [0.05, 0.1) is 25.9 Å². The van der Waals surface area contributed by atoms with Crippen LogP contribution in [0, 0.1) is 11.3 Å². The van der Waals surface area contributed by atoms with Crippen LogP contribution in [-0.2, 0) is 15.9 Å². The summed E-state index contributed by atoms with van der Waals surface area (Å²) in [7, 11) is 5.18. The Morgan fingerprint density at radius 1 is 0.870 bits per heavy atom. The summed E-state index contributed by atoms with van der Waals surface area (Å²) in [6, 6.07) is 6.45. The number of hydrogen-bond acceptors (Lipinski definition) is 7. The fraction of sp³-hybridized carbons (Fsp3) is 0.842. The number of ether oxygens (including phenoxy) is 3. The molecule has 2 aliphatic carbocycles. The quantitative estimate of drug-likeness (QED) is 0.0710. The third kappa shape index (κ3) is 12.2. The van der Waals surface area contributed by atoms with Crippen LogP contribution in [-0.4, -0.2) is 97.3 Å². The summed E-state index contributed by atoms with van der Waals surface area (Å²) in [5, 5.41) is 8.91. The lowest BCUT2D eigenvalue weighted by Crippen LogP contribution is -2.68. The van der Waals surface area contributed by atoms with Crippen molar-refractivity contribution in [2.24, 2.45) is 11.3 Å². The van der Waals surface area contributed by atoms with Gasteiger partial charge in [0, 0.05) is 30.2 Å². The predicted molar refractivity (Wildman–Crippen MR) is 197 cm³/mol. The van der Waals surface area contributed by atoms with Crippen LogP contribution in [0.2, 0.25) is 0 Å². The molecule has 0 heterocycles. The van der Waals surface area contributed by atoms with Crippen LogP contribution in [0.4, 0.5) is 39.5 Å². The van der Waals surface area contributed by atoms with Gasteiger partial charge in [-0.05, 0) is 119 Å². The highest BCUT2D eigenvalue weighted by Crippen LogP contribution is 2.57. The zero-order chi connectivity index (χ0) is 40.4. The van der Waals surface area contributed by atoms with Gasteiger partial charge in [-0.3, -0.25) is 0 Å². The first-order chi connectivity index (χ1) is 25.1. The van der Waals surface area contributed by atoms with E-state index in [4.69, 9.17) is 14.6 Å². The van der Waals surface area contributed by atoms with E-state index in [9.17, 15) is 39.5 Å². The monoisotopic (exact) mass is 827 g/mol. The lowest BCUT2D eigenvalue weighted by Gasteiger charge is -2.44. The lowest BCUT2D eigenvalue weighted by atomic mass is 9.63. The number of likely N-dealkylation sites (N-methyl/N-ethyl adjacent to an activating group) is 1. The highest BCUT2D eigenvalue weighted by Gasteiger charge is 2.85. The number of hydrogen-bond donors (Lipinski definition) is 1. The summed E-state index contributed by atoms with van der Waals surface area (Å²) >= 11 is 0. The highest BCUT2D eigenvalue weighted by molar-refractivity contribution is 8.77. The van der Waals surface area contributed by atoms with Crippen molar-refractivity contribution < 1.29 is 58.8 Å². The van der Waals surface area contributed by atoms with Gasteiger partial charge in [-0.1, -0.05) is 54.3 Å². The van der Waals surface area contributed by atoms with Crippen molar-refractivity contribution in [3.63, 3.8) is 0 Å². The minimum Gasteiger partial charge on any atom is -0.494 e. The molecule has 1 aromatic carbocycles. The molecule has 0 aromatic heterocycles. The third-order valence-corrected chi connectivity index (χ3v) is 14.6. The summed E-state index contributed by atoms with van der Waals surface area (Å²) in [4.78, 5) is 1.30. The average Bonchev–Trinajstić information content (AvgIpc) is 3.39. The molecule has 0 bridgehead atoms. The normalized spacial score (nSPS) is 22.9. The summed E-state index contributed by atoms with van der Waals surface area (Å²) in [6.45, 7) is 7.93. The summed E-state index contributed by atoms with van der Waals surface area (Å²) in [6.07, 6.45) is -9.57. The number of fused-ring (bicyclic) bond motifs is 1. The minimum absolute atomic E-state index is 0.0821. The molecule has 16 heteroatoms. The lowest BCUT2D eigenvalue weighted by molar-refractivity contribution is -0.457. The number of nitrogens with zero attached hydrogens (tertiary/aromatic N) is 1. The topological polar surface area (TPSA) is 51.2 Å². The summed E-state index contributed by atoms with van der Waals surface area (Å²) in [5.74, 6) is 2.78. The smallest absolute Gasteiger partial charge is 0.435 e. The Morgan fingerprint density at radius 3 is 2.15 bits per heavy atom. The van der Waals surface area contributed by atoms with Crippen molar-refractivity contribution >= 4 is 21.6 Å². The number of alkyl halides is 9. The van der Waals surface area contributed by atoms with Gasteiger partial charge in [0.25, 0.3) is 0 Å². The molecule has 0 radical (unpaired) electrons. The Bertz CT molecular complexity index is 1240. The van der Waals surface area contributed by atoms with E-state index < -0.39 is 37.3 Å². The molecular formula is C38H58F9NO4S2. The zero-order valence-electron chi connectivity index (χ0n) is 32.0. The van der Waals surface area contributed by atoms with Crippen LogP contribution in [0.15, 0.2) is 18.2 Å². The van der Waals surface area contributed by atoms with Crippen molar-refractivity contribution in [2.75, 3.05) is 52.3 Å². The molecule has 2 saturated carbocycles. The maximum absolute atomic E-state index is 13.1. The second kappa shape index (κ2) is 20.1. The highest BCUT2D eigenvalue weighted by atomic mass is 33.1. The largest absolute Gasteiger partial charge is 0.494 e. The van der Waals surface area contributed by atoms with Gasteiger partial charge in [0.15, 0.2) is 0 Å². The molecule has 314 valence electrons. The Hall–Kier alpha value is -1.07. The number of aryl methyl sites for hydroxylation is 1. The molecule has 1 N–H and O–H groups in total. The van der Waals surface area contributed by atoms with Gasteiger partial charge in [0.2, 0.25) is 0 Å². The van der Waals surface area contributed by atoms with Gasteiger partial charge < -0.3 is 24.2 Å². The van der Waals surface area contributed by atoms with E-state index >= 15 is 0 Å². The maximum Gasteiger partial charge on any atom is 0.435 e. The molecule has 4 atom stereocenters. The second-order valence-corrected chi connectivity index (χ2v) is 18.7. The molecule has 2 unspecified atom stereocenters. The Kier molecular flexibility index (Phi) is 17.6. The number of benzene rings is 1. The molecule has 5 nitrogen and oxygen atoms in total. The maximum atomic E-state index is 13.1. The number of unbranched alkanes of at least 4 members (excludes halogenated alkanes) is 3. The first-order valence-electron chi connectivity index (χ1n) is 18.9. The van der Waals surface area contributed by atoms with Crippen LogP contribution in [0.3, 0.4) is 0 Å². The molecule has 2 aliphatic rings. The SMILES string of the molecule is CCc1cc(OCCC(C)(C)SSCCCCCCO)ccc1C1CC[C@@]2(C)C(CC[C@@H]2OCCN(C)CCOC(C(F)(F)F)(C(F)(F)F)C(F)(F)F)C1. The van der Waals surface area contributed by atoms with Crippen molar-refractivity contribution in [1.82, 2.24) is 4.90 Å². The average molecular weight is 828 g/mol. The molecular weight excluding hydrogens is 770 g/mol. The molecule has 2 fully saturated rings. The van der Waals surface area contributed by atoms with Gasteiger partial charge in [-0.15, -0.1) is 0 Å². The van der Waals surface area contributed by atoms with E-state index in [2.05, 4.69) is 50.6 Å². The van der Waals surface area contributed by atoms with Crippen molar-refractivity contribution in [1.29, 1.82) is 0 Å². The molecule has 0 spiro atoms. The first-order valence-corrected chi connectivity index (χ1v) is 21.2. The van der Waals surface area contributed by atoms with Crippen LogP contribution >= 0.6 is 21.6 Å². The van der Waals surface area contributed by atoms with Crippen molar-refractivity contribution in [3.05, 3.63) is 29.3 Å². The zero-order valence-corrected chi connectivity index (χ0v) is 33.7. The van der Waals surface area contributed by atoms with E-state index in [0.717, 1.165) is 82.1 Å². The van der Waals surface area contributed by atoms with Crippen LogP contribution in [0.5, 0.6) is 5.75 Å². The Labute approximate surface area is 322 Å². The Balaban J connectivity index is 1.46. The van der Waals surface area contributed by atoms with Crippen molar-refractivity contribution in [2.45, 2.75) is 139 Å². The molecule has 0 amide bonds. The predicted octanol–water partition coefficient (Wildman–Crippen LogP) is 11.2. The van der Waals surface area contributed by atoms with Crippen LogP contribution in [0.1, 0.15) is 109 Å². The van der Waals surface area contributed by atoms with Crippen LogP contribution in [0.25, 0.3) is 0 Å². The van der Waals surface area contributed by atoms with E-state index in [0.29, 0.717) is 18.4 Å². The van der Waals surface area contributed by atoms with E-state index in [1.807, 2.05) is 21.6 Å². The van der Waals surface area contributed by atoms with E-state index in [1.54, 1.807) is 0 Å². The van der Waals surface area contributed by atoms with Gasteiger partial charge >= 0.3 is 24.1 Å². The third-order valence-electron chi connectivity index (χ3n) is 11.2. The number of aliphatic hydroxyl groups is 1. The molecule has 1 aromatic rings. The minimum atomic E-state index is -6.74. The summed E-state index contributed by atoms with van der Waals surface area (Å²) < 4.78 is 134. The Morgan fingerprint density at radius 2 is 1.52 bits per heavy atom. The molecule has 3 rings (SSSR count). The number of aliphatic hydroxyl groups excluding tert-OH is 1. The van der Waals surface area contributed by atoms with Crippen molar-refractivity contribution in [3.8, 4) is 5.75 Å². The second-order valence-electron chi connectivity index (χ2n) is 15.6. The molecule has 54 heavy (non-hydrogen) atoms. The number of halogens is 9. The fourth-order valence-corrected chi connectivity index (χ4v) is 10.4. The first kappa shape index (κ1) is 47.3. The molecule has 0 aliphatic heterocycles. The van der Waals surface area contributed by atoms with Crippen LogP contribution < -0.4 is 4.74 Å². The number of rotatable bonds is 22. The van der Waals surface area contributed by atoms with Gasteiger partial charge in [0.1, 0.15) is 5.75 Å². The fourth-order valence-electron chi connectivity index (χ4n) is 7.73. The summed E-state index contributed by atoms with van der Waals surface area (Å²) in [5.41, 5.74) is -3.73. The molecule has 0 saturated heterocycles. The van der Waals surface area contributed by atoms with Gasteiger partial charge in [-0.25, -0.2) is 0 Å². The standard InChI is InChI=1S/C38H58F9NO4S2/c1-6-27-26-30(50-21-17-33(2,3)54-53-24-10-8-7-9-20-49)12-13-31(27)28-15-16-34(4)29(25-28)11-14-32(34)51-22-18-48(5)19-23-52-35(36(39,40)41,37(42,43)44)38(45,46)47/h12-13,26,28-29,32,49H,6-11,14-25H2,1-5H3/t28?,29?,32-,34-/m0/s1.